The van der Waals surface area contributed by atoms with E-state index in [1.165, 1.54) is 12.1 Å². The van der Waals surface area contributed by atoms with Crippen LogP contribution < -0.4 is 10.6 Å². The first-order valence-electron chi connectivity index (χ1n) is 7.25. The van der Waals surface area contributed by atoms with Crippen LogP contribution in [0.5, 0.6) is 0 Å². The highest BCUT2D eigenvalue weighted by atomic mass is 35.5. The number of halogens is 1. The second kappa shape index (κ2) is 6.81. The number of piperazine rings is 1. The van der Waals surface area contributed by atoms with E-state index >= 15 is 0 Å². The number of oxime groups is 1. The van der Waals surface area contributed by atoms with Gasteiger partial charge in [0, 0.05) is 38.3 Å². The molecule has 1 aliphatic heterocycles. The fourth-order valence-corrected chi connectivity index (χ4v) is 2.93. The van der Waals surface area contributed by atoms with Gasteiger partial charge in [-0.15, -0.1) is 0 Å². The van der Waals surface area contributed by atoms with Crippen LogP contribution in [0.15, 0.2) is 28.0 Å². The molecule has 3 N–H and O–H groups in total. The summed E-state index contributed by atoms with van der Waals surface area (Å²) in [5.74, 6) is 0.210. The molecule has 1 saturated heterocycles. The summed E-state index contributed by atoms with van der Waals surface area (Å²) in [5.41, 5.74) is 6.45. The minimum atomic E-state index is -0.492. The zero-order valence-corrected chi connectivity index (χ0v) is 13.6. The van der Waals surface area contributed by atoms with Crippen LogP contribution in [0.3, 0.4) is 0 Å². The van der Waals surface area contributed by atoms with Crippen molar-refractivity contribution in [3.63, 3.8) is 0 Å². The summed E-state index contributed by atoms with van der Waals surface area (Å²) in [4.78, 5) is 14.1. The Hall–Kier alpha value is -3.08. The first kappa shape index (κ1) is 16.8. The molecule has 0 radical (unpaired) electrons. The van der Waals surface area contributed by atoms with Crippen molar-refractivity contribution in [1.82, 2.24) is 15.2 Å². The number of nitrogens with two attached hydrogens (primary N) is 1. The number of aromatic nitrogens is 2. The van der Waals surface area contributed by atoms with Gasteiger partial charge in [-0.05, 0) is 16.4 Å². The second-order valence-electron chi connectivity index (χ2n) is 5.29. The van der Waals surface area contributed by atoms with Crippen LogP contribution in [-0.4, -0.2) is 57.4 Å². The van der Waals surface area contributed by atoms with Gasteiger partial charge in [0.25, 0.3) is 5.69 Å². The highest BCUT2D eigenvalue weighted by Gasteiger charge is 2.26. The maximum Gasteiger partial charge on any atom is 0.271 e. The molecule has 0 saturated carbocycles. The topological polar surface area (TPSA) is 147 Å². The molecule has 0 spiro atoms. The Kier molecular flexibility index (Phi) is 4.57. The minimum absolute atomic E-state index is 0.0358. The van der Waals surface area contributed by atoms with E-state index in [9.17, 15) is 15.3 Å². The molecular formula is C13H14ClN7O4. The molecule has 3 rings (SSSR count). The molecule has 0 amide bonds. The second-order valence-corrected chi connectivity index (χ2v) is 5.70. The van der Waals surface area contributed by atoms with Gasteiger partial charge in [0.05, 0.1) is 15.6 Å². The molecule has 132 valence electrons. The third kappa shape index (κ3) is 3.26. The number of rotatable bonds is 3. The number of hydrogen-bond acceptors (Lipinski definition) is 9. The Labute approximate surface area is 146 Å². The zero-order chi connectivity index (χ0) is 18.0. The van der Waals surface area contributed by atoms with E-state index in [0.29, 0.717) is 36.9 Å². The summed E-state index contributed by atoms with van der Waals surface area (Å²) in [7, 11) is 0. The molecule has 1 aromatic heterocycles. The van der Waals surface area contributed by atoms with E-state index in [0.717, 1.165) is 0 Å². The molecule has 0 aliphatic carbocycles. The number of non-ortho nitro benzene ring substituents is 1. The van der Waals surface area contributed by atoms with Gasteiger partial charge >= 0.3 is 0 Å². The number of nitro benzene ring substituents is 1. The van der Waals surface area contributed by atoms with Gasteiger partial charge in [0.1, 0.15) is 0 Å². The normalized spacial score (nSPS) is 15.5. The summed E-state index contributed by atoms with van der Waals surface area (Å²) < 4.78 is 4.53. The first-order valence-corrected chi connectivity index (χ1v) is 7.63. The van der Waals surface area contributed by atoms with Gasteiger partial charge in [-0.3, -0.25) is 10.1 Å². The van der Waals surface area contributed by atoms with Gasteiger partial charge < -0.3 is 20.7 Å². The molecule has 2 heterocycles. The maximum absolute atomic E-state index is 10.8. The van der Waals surface area contributed by atoms with Gasteiger partial charge in [0.2, 0.25) is 5.84 Å². The minimum Gasteiger partial charge on any atom is -0.409 e. The SMILES string of the molecule is Nc1nonc1C(=NO)N1CCN(c2ccc([N+](=O)[O-])cc2Cl)CC1. The van der Waals surface area contributed by atoms with E-state index < -0.39 is 4.92 Å². The molecule has 0 atom stereocenters. The molecule has 1 fully saturated rings. The zero-order valence-electron chi connectivity index (χ0n) is 12.9. The summed E-state index contributed by atoms with van der Waals surface area (Å²) in [6.45, 7) is 2.11. The predicted octanol–water partition coefficient (Wildman–Crippen LogP) is 1.17. The number of hydrogen-bond donors (Lipinski definition) is 2. The largest absolute Gasteiger partial charge is 0.409 e. The van der Waals surface area contributed by atoms with Crippen LogP contribution in [-0.2, 0) is 0 Å². The summed E-state index contributed by atoms with van der Waals surface area (Å²) in [6, 6.07) is 4.36. The van der Waals surface area contributed by atoms with E-state index in [4.69, 9.17) is 17.3 Å². The van der Waals surface area contributed by atoms with Crippen molar-refractivity contribution >= 4 is 34.6 Å². The van der Waals surface area contributed by atoms with Crippen LogP contribution in [0.2, 0.25) is 5.02 Å². The highest BCUT2D eigenvalue weighted by molar-refractivity contribution is 6.33. The van der Waals surface area contributed by atoms with Gasteiger partial charge in [-0.2, -0.15) is 0 Å². The van der Waals surface area contributed by atoms with Crippen molar-refractivity contribution in [3.05, 3.63) is 39.0 Å². The van der Waals surface area contributed by atoms with E-state index in [1.807, 2.05) is 4.90 Å². The maximum atomic E-state index is 10.8. The van der Waals surface area contributed by atoms with Crippen molar-refractivity contribution < 1.29 is 14.8 Å². The van der Waals surface area contributed by atoms with Gasteiger partial charge in [0.15, 0.2) is 11.5 Å². The van der Waals surface area contributed by atoms with Crippen molar-refractivity contribution in [3.8, 4) is 0 Å². The Morgan fingerprint density at radius 1 is 1.36 bits per heavy atom. The lowest BCUT2D eigenvalue weighted by molar-refractivity contribution is -0.384. The van der Waals surface area contributed by atoms with Gasteiger partial charge in [-0.1, -0.05) is 16.8 Å². The van der Waals surface area contributed by atoms with E-state index in [1.54, 1.807) is 11.0 Å². The van der Waals surface area contributed by atoms with Crippen LogP contribution in [0.25, 0.3) is 0 Å². The fourth-order valence-electron chi connectivity index (χ4n) is 2.64. The smallest absolute Gasteiger partial charge is 0.271 e. The Morgan fingerprint density at radius 2 is 2.08 bits per heavy atom. The van der Waals surface area contributed by atoms with Crippen molar-refractivity contribution in [2.45, 2.75) is 0 Å². The standard InChI is InChI=1S/C13H14ClN7O4/c14-9-7-8(21(23)24)1-2-10(9)19-3-5-20(6-4-19)13(16-22)11-12(15)18-25-17-11/h1-2,7,22H,3-6H2,(H2,15,18). The lowest BCUT2D eigenvalue weighted by Gasteiger charge is -2.37. The predicted molar refractivity (Wildman–Crippen MR) is 88.9 cm³/mol. The van der Waals surface area contributed by atoms with Crippen molar-refractivity contribution in [2.24, 2.45) is 5.16 Å². The lowest BCUT2D eigenvalue weighted by Crippen LogP contribution is -2.49. The highest BCUT2D eigenvalue weighted by Crippen LogP contribution is 2.30. The average molecular weight is 368 g/mol. The van der Waals surface area contributed by atoms with Crippen LogP contribution in [0.4, 0.5) is 17.2 Å². The summed E-state index contributed by atoms with van der Waals surface area (Å²) >= 11 is 6.16. The summed E-state index contributed by atoms with van der Waals surface area (Å²) in [6.07, 6.45) is 0. The number of nitrogen functional groups attached to an aromatic ring is 1. The molecule has 11 nitrogen and oxygen atoms in total. The van der Waals surface area contributed by atoms with Gasteiger partial charge in [-0.25, -0.2) is 4.63 Å². The molecule has 1 aliphatic rings. The Bertz CT molecular complexity index is 816. The number of amidine groups is 1. The van der Waals surface area contributed by atoms with E-state index in [2.05, 4.69) is 20.1 Å². The average Bonchev–Trinajstić information content (AvgIpc) is 3.02. The monoisotopic (exact) mass is 367 g/mol. The fraction of sp³-hybridized carbons (Fsp3) is 0.308. The lowest BCUT2D eigenvalue weighted by atomic mass is 10.2. The third-order valence-electron chi connectivity index (χ3n) is 3.88. The molecule has 1 aromatic carbocycles. The van der Waals surface area contributed by atoms with Crippen LogP contribution in [0, 0.1) is 10.1 Å². The quantitative estimate of drug-likeness (QED) is 0.268. The Morgan fingerprint density at radius 3 is 2.60 bits per heavy atom. The molecule has 12 heteroatoms. The van der Waals surface area contributed by atoms with Crippen molar-refractivity contribution in [1.29, 1.82) is 0 Å². The summed E-state index contributed by atoms with van der Waals surface area (Å²) in [5, 5.41) is 30.7. The molecule has 2 aromatic rings. The Balaban J connectivity index is 1.72. The number of nitrogens with zero attached hydrogens (tertiary/aromatic N) is 6. The van der Waals surface area contributed by atoms with Crippen LogP contribution in [0.1, 0.15) is 5.69 Å². The third-order valence-corrected chi connectivity index (χ3v) is 4.19. The number of benzene rings is 1. The molecule has 0 unspecified atom stereocenters. The van der Waals surface area contributed by atoms with Crippen molar-refractivity contribution in [2.75, 3.05) is 36.8 Å². The first-order chi connectivity index (χ1) is 12.0. The number of anilines is 2. The van der Waals surface area contributed by atoms with Crippen LogP contribution >= 0.6 is 11.6 Å². The van der Waals surface area contributed by atoms with E-state index in [-0.39, 0.29) is 23.0 Å². The molecule has 0 bridgehead atoms. The number of nitro groups is 1. The molecular weight excluding hydrogens is 354 g/mol. The molecule has 25 heavy (non-hydrogen) atoms.